The Morgan fingerprint density at radius 1 is 1.42 bits per heavy atom. The van der Waals surface area contributed by atoms with Crippen LogP contribution >= 0.6 is 15.9 Å². The Morgan fingerprint density at radius 2 is 2.11 bits per heavy atom. The first-order valence-corrected chi connectivity index (χ1v) is 7.35. The molecule has 0 aromatic heterocycles. The van der Waals surface area contributed by atoms with Crippen molar-refractivity contribution in [1.29, 1.82) is 0 Å². The van der Waals surface area contributed by atoms with Crippen LogP contribution in [0.5, 0.6) is 0 Å². The van der Waals surface area contributed by atoms with E-state index in [4.69, 9.17) is 0 Å². The van der Waals surface area contributed by atoms with Crippen LogP contribution in [-0.2, 0) is 11.2 Å². The predicted octanol–water partition coefficient (Wildman–Crippen LogP) is 3.28. The normalized spacial score (nSPS) is 12.9. The average molecular weight is 328 g/mol. The number of nitrogens with zero attached hydrogens (tertiary/aromatic N) is 1. The minimum absolute atomic E-state index is 0.158. The number of carboxylic acid groups (broad SMARTS) is 1. The van der Waals surface area contributed by atoms with E-state index >= 15 is 0 Å². The standard InChI is InChI=1S/C15H22BrNO2/c1-11(2)14(15(18)19)10-17(3)8-7-12-5-4-6-13(16)9-12/h4-6,9,11,14H,7-8,10H2,1-3H3,(H,18,19). The van der Waals surface area contributed by atoms with E-state index in [9.17, 15) is 9.90 Å². The van der Waals surface area contributed by atoms with Gasteiger partial charge in [0.25, 0.3) is 0 Å². The second kappa shape index (κ2) is 7.65. The molecular formula is C15H22BrNO2. The Kier molecular flexibility index (Phi) is 6.52. The van der Waals surface area contributed by atoms with Gasteiger partial charge in [-0.15, -0.1) is 0 Å². The number of hydrogen-bond donors (Lipinski definition) is 1. The highest BCUT2D eigenvalue weighted by molar-refractivity contribution is 9.10. The molecule has 0 spiro atoms. The first-order valence-electron chi connectivity index (χ1n) is 6.56. The Balaban J connectivity index is 2.47. The van der Waals surface area contributed by atoms with Crippen molar-refractivity contribution >= 4 is 21.9 Å². The van der Waals surface area contributed by atoms with Gasteiger partial charge in [0.15, 0.2) is 0 Å². The fourth-order valence-electron chi connectivity index (χ4n) is 2.01. The van der Waals surface area contributed by atoms with E-state index in [0.29, 0.717) is 6.54 Å². The molecule has 1 atom stereocenters. The average Bonchev–Trinajstić information content (AvgIpc) is 2.32. The number of carboxylic acids is 1. The number of likely N-dealkylation sites (N-methyl/N-ethyl adjacent to an activating group) is 1. The fraction of sp³-hybridized carbons (Fsp3) is 0.533. The zero-order valence-corrected chi connectivity index (χ0v) is 13.4. The third-order valence-corrected chi connectivity index (χ3v) is 3.79. The van der Waals surface area contributed by atoms with Crippen LogP contribution in [0, 0.1) is 11.8 Å². The summed E-state index contributed by atoms with van der Waals surface area (Å²) in [6, 6.07) is 8.22. The molecule has 0 saturated heterocycles. The topological polar surface area (TPSA) is 40.5 Å². The van der Waals surface area contributed by atoms with Crippen molar-refractivity contribution in [3.05, 3.63) is 34.3 Å². The minimum Gasteiger partial charge on any atom is -0.481 e. The van der Waals surface area contributed by atoms with Gasteiger partial charge in [0.1, 0.15) is 0 Å². The van der Waals surface area contributed by atoms with Crippen LogP contribution in [0.15, 0.2) is 28.7 Å². The molecule has 0 aliphatic rings. The van der Waals surface area contributed by atoms with Crippen LogP contribution in [0.25, 0.3) is 0 Å². The van der Waals surface area contributed by atoms with Crippen molar-refractivity contribution in [3.8, 4) is 0 Å². The SMILES string of the molecule is CC(C)C(CN(C)CCc1cccc(Br)c1)C(=O)O. The van der Waals surface area contributed by atoms with Crippen molar-refractivity contribution in [1.82, 2.24) is 4.90 Å². The van der Waals surface area contributed by atoms with Crippen LogP contribution in [0.2, 0.25) is 0 Å². The van der Waals surface area contributed by atoms with Gasteiger partial charge in [-0.1, -0.05) is 41.9 Å². The summed E-state index contributed by atoms with van der Waals surface area (Å²) >= 11 is 3.46. The van der Waals surface area contributed by atoms with Gasteiger partial charge >= 0.3 is 5.97 Å². The number of halogens is 1. The Hall–Kier alpha value is -0.870. The molecule has 4 heteroatoms. The molecule has 1 aromatic rings. The number of aliphatic carboxylic acids is 1. The molecule has 0 heterocycles. The summed E-state index contributed by atoms with van der Waals surface area (Å²) in [6.07, 6.45) is 0.931. The molecule has 1 N–H and O–H groups in total. The molecule has 0 amide bonds. The van der Waals surface area contributed by atoms with Crippen molar-refractivity contribution in [3.63, 3.8) is 0 Å². The van der Waals surface area contributed by atoms with Crippen molar-refractivity contribution < 1.29 is 9.90 Å². The van der Waals surface area contributed by atoms with E-state index in [1.165, 1.54) is 5.56 Å². The lowest BCUT2D eigenvalue weighted by Gasteiger charge is -2.23. The van der Waals surface area contributed by atoms with Gasteiger partial charge < -0.3 is 10.0 Å². The molecule has 0 saturated carbocycles. The van der Waals surface area contributed by atoms with E-state index in [2.05, 4.69) is 33.0 Å². The quantitative estimate of drug-likeness (QED) is 0.835. The van der Waals surface area contributed by atoms with Crippen molar-refractivity contribution in [2.24, 2.45) is 11.8 Å². The molecule has 106 valence electrons. The van der Waals surface area contributed by atoms with Gasteiger partial charge in [-0.2, -0.15) is 0 Å². The summed E-state index contributed by atoms with van der Waals surface area (Å²) in [6.45, 7) is 5.38. The highest BCUT2D eigenvalue weighted by Crippen LogP contribution is 2.14. The van der Waals surface area contributed by atoms with E-state index in [-0.39, 0.29) is 11.8 Å². The van der Waals surface area contributed by atoms with Gasteiger partial charge in [0.05, 0.1) is 5.92 Å². The zero-order valence-electron chi connectivity index (χ0n) is 11.8. The van der Waals surface area contributed by atoms with E-state index in [1.54, 1.807) is 0 Å². The smallest absolute Gasteiger partial charge is 0.308 e. The molecule has 19 heavy (non-hydrogen) atoms. The summed E-state index contributed by atoms with van der Waals surface area (Å²) < 4.78 is 1.08. The first kappa shape index (κ1) is 16.2. The third-order valence-electron chi connectivity index (χ3n) is 3.30. The highest BCUT2D eigenvalue weighted by Gasteiger charge is 2.22. The van der Waals surface area contributed by atoms with Crippen LogP contribution in [-0.4, -0.2) is 36.1 Å². The fourth-order valence-corrected chi connectivity index (χ4v) is 2.46. The molecule has 1 unspecified atom stereocenters. The predicted molar refractivity (Wildman–Crippen MR) is 81.3 cm³/mol. The lowest BCUT2D eigenvalue weighted by molar-refractivity contribution is -0.143. The van der Waals surface area contributed by atoms with Crippen molar-refractivity contribution in [2.75, 3.05) is 20.1 Å². The van der Waals surface area contributed by atoms with E-state index in [0.717, 1.165) is 17.4 Å². The summed E-state index contributed by atoms with van der Waals surface area (Å²) in [5.74, 6) is -0.845. The Labute approximate surface area is 123 Å². The second-order valence-electron chi connectivity index (χ2n) is 5.33. The maximum absolute atomic E-state index is 11.2. The molecule has 0 fully saturated rings. The van der Waals surface area contributed by atoms with Crippen molar-refractivity contribution in [2.45, 2.75) is 20.3 Å². The summed E-state index contributed by atoms with van der Waals surface area (Å²) in [5.41, 5.74) is 1.26. The Bertz CT molecular complexity index is 420. The maximum Gasteiger partial charge on any atom is 0.308 e. The van der Waals surface area contributed by atoms with Gasteiger partial charge in [0.2, 0.25) is 0 Å². The lowest BCUT2D eigenvalue weighted by Crippen LogP contribution is -2.34. The highest BCUT2D eigenvalue weighted by atomic mass is 79.9. The maximum atomic E-state index is 11.2. The molecule has 0 bridgehead atoms. The molecule has 0 radical (unpaired) electrons. The summed E-state index contributed by atoms with van der Waals surface area (Å²) in [5, 5.41) is 9.18. The third kappa shape index (κ3) is 5.74. The van der Waals surface area contributed by atoms with Gasteiger partial charge in [-0.3, -0.25) is 4.79 Å². The first-order chi connectivity index (χ1) is 8.90. The van der Waals surface area contributed by atoms with Gasteiger partial charge in [0, 0.05) is 17.6 Å². The number of hydrogen-bond acceptors (Lipinski definition) is 2. The minimum atomic E-state index is -0.704. The molecule has 3 nitrogen and oxygen atoms in total. The van der Waals surface area contributed by atoms with Gasteiger partial charge in [-0.05, 0) is 37.1 Å². The molecule has 1 rings (SSSR count). The molecule has 0 aliphatic heterocycles. The van der Waals surface area contributed by atoms with E-state index in [1.807, 2.05) is 33.0 Å². The molecule has 1 aromatic carbocycles. The second-order valence-corrected chi connectivity index (χ2v) is 6.25. The molecule has 0 aliphatic carbocycles. The largest absolute Gasteiger partial charge is 0.481 e. The van der Waals surface area contributed by atoms with Crippen LogP contribution in [0.3, 0.4) is 0 Å². The van der Waals surface area contributed by atoms with E-state index < -0.39 is 5.97 Å². The van der Waals surface area contributed by atoms with Crippen LogP contribution in [0.1, 0.15) is 19.4 Å². The number of carbonyl (C=O) groups is 1. The summed E-state index contributed by atoms with van der Waals surface area (Å²) in [7, 11) is 1.98. The monoisotopic (exact) mass is 327 g/mol. The molecular weight excluding hydrogens is 306 g/mol. The Morgan fingerprint density at radius 3 is 2.63 bits per heavy atom. The summed E-state index contributed by atoms with van der Waals surface area (Å²) in [4.78, 5) is 13.3. The van der Waals surface area contributed by atoms with Gasteiger partial charge in [-0.25, -0.2) is 0 Å². The van der Waals surface area contributed by atoms with Crippen LogP contribution in [0.4, 0.5) is 0 Å². The zero-order chi connectivity index (χ0) is 14.4. The number of rotatable bonds is 7. The lowest BCUT2D eigenvalue weighted by atomic mass is 9.95. The number of benzene rings is 1. The van der Waals surface area contributed by atoms with Crippen LogP contribution < -0.4 is 0 Å².